The summed E-state index contributed by atoms with van der Waals surface area (Å²) in [5.41, 5.74) is 5.96. The van der Waals surface area contributed by atoms with Gasteiger partial charge in [0.15, 0.2) is 0 Å². The number of H-pyrrole nitrogens is 1. The van der Waals surface area contributed by atoms with Gasteiger partial charge in [-0.25, -0.2) is 4.98 Å². The molecule has 0 aromatic carbocycles. The van der Waals surface area contributed by atoms with Crippen LogP contribution in [0.3, 0.4) is 0 Å². The van der Waals surface area contributed by atoms with Crippen molar-refractivity contribution in [1.82, 2.24) is 9.97 Å². The smallest absolute Gasteiger partial charge is 0.255 e. The van der Waals surface area contributed by atoms with Crippen LogP contribution in [0.2, 0.25) is 0 Å². The lowest BCUT2D eigenvalue weighted by atomic mass is 10.3. The molecule has 0 unspecified atom stereocenters. The van der Waals surface area contributed by atoms with Crippen molar-refractivity contribution in [1.29, 1.82) is 0 Å². The lowest BCUT2D eigenvalue weighted by molar-refractivity contribution is 0.799. The largest absolute Gasteiger partial charge is 0.383 e. The molecule has 4 nitrogen and oxygen atoms in total. The molecule has 0 saturated carbocycles. The fraction of sp³-hybridized carbons (Fsp3) is 0.600. The highest BCUT2D eigenvalue weighted by atomic mass is 32.2. The Morgan fingerprint density at radius 3 is 2.53 bits per heavy atom. The Labute approximate surface area is 93.7 Å². The molecular formula is C10H17N3OS. The number of thioether (sulfide) groups is 1. The van der Waals surface area contributed by atoms with E-state index >= 15 is 0 Å². The molecule has 1 aromatic rings. The maximum Gasteiger partial charge on any atom is 0.255 e. The van der Waals surface area contributed by atoms with E-state index in [9.17, 15) is 4.79 Å². The van der Waals surface area contributed by atoms with Crippen molar-refractivity contribution in [3.05, 3.63) is 21.7 Å². The molecule has 84 valence electrons. The second kappa shape index (κ2) is 4.26. The molecule has 0 fully saturated rings. The Morgan fingerprint density at radius 2 is 2.07 bits per heavy atom. The lowest BCUT2D eigenvalue weighted by Gasteiger charge is -2.16. The summed E-state index contributed by atoms with van der Waals surface area (Å²) in [7, 11) is 0. The molecule has 0 amide bonds. The number of nitrogens with two attached hydrogens (primary N) is 1. The summed E-state index contributed by atoms with van der Waals surface area (Å²) in [6, 6.07) is 0. The van der Waals surface area contributed by atoms with Crippen LogP contribution in [-0.4, -0.2) is 14.7 Å². The van der Waals surface area contributed by atoms with Crippen LogP contribution >= 0.6 is 11.8 Å². The molecule has 3 N–H and O–H groups in total. The third kappa shape index (κ3) is 3.58. The third-order valence-electron chi connectivity index (χ3n) is 1.88. The van der Waals surface area contributed by atoms with Crippen molar-refractivity contribution in [3.8, 4) is 0 Å². The normalized spacial score (nSPS) is 11.7. The summed E-state index contributed by atoms with van der Waals surface area (Å²) >= 11 is 1.72. The number of anilines is 1. The molecule has 1 aromatic heterocycles. The minimum atomic E-state index is -0.146. The standard InChI is InChI=1S/C10H17N3OS/c1-6-8(11)12-7(13-9(6)14)5-15-10(2,3)4/h5H2,1-4H3,(H3,11,12,13,14). The van der Waals surface area contributed by atoms with Crippen LogP contribution in [0, 0.1) is 6.92 Å². The number of aromatic amines is 1. The molecular weight excluding hydrogens is 210 g/mol. The van der Waals surface area contributed by atoms with Gasteiger partial charge in [-0.3, -0.25) is 4.79 Å². The maximum absolute atomic E-state index is 11.4. The van der Waals surface area contributed by atoms with Crippen molar-refractivity contribution < 1.29 is 0 Å². The zero-order valence-corrected chi connectivity index (χ0v) is 10.4. The summed E-state index contributed by atoms with van der Waals surface area (Å²) in [4.78, 5) is 18.3. The zero-order valence-electron chi connectivity index (χ0n) is 9.55. The van der Waals surface area contributed by atoms with Gasteiger partial charge in [-0.05, 0) is 6.92 Å². The Morgan fingerprint density at radius 1 is 1.47 bits per heavy atom. The molecule has 1 heterocycles. The second-order valence-corrected chi connectivity index (χ2v) is 6.23. The first-order valence-electron chi connectivity index (χ1n) is 4.79. The number of nitrogens with one attached hydrogen (secondary N) is 1. The highest BCUT2D eigenvalue weighted by molar-refractivity contribution is 7.99. The predicted octanol–water partition coefficient (Wildman–Crippen LogP) is 1.69. The van der Waals surface area contributed by atoms with Gasteiger partial charge in [-0.15, -0.1) is 11.8 Å². The predicted molar refractivity (Wildman–Crippen MR) is 65.1 cm³/mol. The fourth-order valence-corrected chi connectivity index (χ4v) is 1.66. The number of aromatic nitrogens is 2. The zero-order chi connectivity index (χ0) is 11.6. The van der Waals surface area contributed by atoms with Crippen LogP contribution in [0.1, 0.15) is 32.2 Å². The fourth-order valence-electron chi connectivity index (χ4n) is 0.952. The molecule has 0 atom stereocenters. The molecule has 0 radical (unpaired) electrons. The van der Waals surface area contributed by atoms with Crippen LogP contribution in [0.4, 0.5) is 5.82 Å². The highest BCUT2D eigenvalue weighted by Crippen LogP contribution is 2.25. The molecule has 0 spiro atoms. The van der Waals surface area contributed by atoms with Crippen LogP contribution in [0.15, 0.2) is 4.79 Å². The van der Waals surface area contributed by atoms with Gasteiger partial charge in [-0.1, -0.05) is 20.8 Å². The molecule has 0 aliphatic heterocycles. The first-order valence-corrected chi connectivity index (χ1v) is 5.77. The van der Waals surface area contributed by atoms with E-state index in [2.05, 4.69) is 30.7 Å². The number of nitrogens with zero attached hydrogens (tertiary/aromatic N) is 1. The minimum Gasteiger partial charge on any atom is -0.383 e. The number of hydrogen-bond acceptors (Lipinski definition) is 4. The SMILES string of the molecule is Cc1c(N)nc(CSC(C)(C)C)[nH]c1=O. The average molecular weight is 227 g/mol. The Hall–Kier alpha value is -0.970. The van der Waals surface area contributed by atoms with E-state index in [0.717, 1.165) is 0 Å². The van der Waals surface area contributed by atoms with Crippen LogP contribution in [0.25, 0.3) is 0 Å². The summed E-state index contributed by atoms with van der Waals surface area (Å²) < 4.78 is 0.151. The molecule has 15 heavy (non-hydrogen) atoms. The van der Waals surface area contributed by atoms with Crippen molar-refractivity contribution >= 4 is 17.6 Å². The van der Waals surface area contributed by atoms with E-state index in [0.29, 0.717) is 23.0 Å². The van der Waals surface area contributed by atoms with E-state index < -0.39 is 0 Å². The van der Waals surface area contributed by atoms with Crippen LogP contribution in [0.5, 0.6) is 0 Å². The third-order valence-corrected chi connectivity index (χ3v) is 3.16. The maximum atomic E-state index is 11.4. The molecule has 0 aliphatic carbocycles. The lowest BCUT2D eigenvalue weighted by Crippen LogP contribution is -2.18. The summed E-state index contributed by atoms with van der Waals surface area (Å²) in [5, 5.41) is 0. The monoisotopic (exact) mass is 227 g/mol. The van der Waals surface area contributed by atoms with E-state index in [1.165, 1.54) is 0 Å². The highest BCUT2D eigenvalue weighted by Gasteiger charge is 2.12. The number of rotatable bonds is 2. The molecule has 0 aliphatic rings. The minimum absolute atomic E-state index is 0.146. The van der Waals surface area contributed by atoms with Crippen LogP contribution < -0.4 is 11.3 Å². The summed E-state index contributed by atoms with van der Waals surface area (Å²) in [6.07, 6.45) is 0. The van der Waals surface area contributed by atoms with Gasteiger partial charge in [0, 0.05) is 4.75 Å². The van der Waals surface area contributed by atoms with Crippen molar-refractivity contribution in [2.45, 2.75) is 38.2 Å². The molecule has 5 heteroatoms. The topological polar surface area (TPSA) is 71.8 Å². The van der Waals surface area contributed by atoms with Gasteiger partial charge < -0.3 is 10.7 Å². The van der Waals surface area contributed by atoms with Crippen molar-refractivity contribution in [3.63, 3.8) is 0 Å². The Bertz CT molecular complexity index is 406. The summed E-state index contributed by atoms with van der Waals surface area (Å²) in [5.74, 6) is 1.63. The second-order valence-electron chi connectivity index (χ2n) is 4.42. The van der Waals surface area contributed by atoms with Gasteiger partial charge in [0.25, 0.3) is 5.56 Å². The van der Waals surface area contributed by atoms with E-state index in [-0.39, 0.29) is 10.3 Å². The molecule has 0 bridgehead atoms. The van der Waals surface area contributed by atoms with Gasteiger partial charge in [0.2, 0.25) is 0 Å². The molecule has 0 saturated heterocycles. The quantitative estimate of drug-likeness (QED) is 0.806. The van der Waals surface area contributed by atoms with Crippen LogP contribution in [-0.2, 0) is 5.75 Å². The first-order chi connectivity index (χ1) is 6.79. The van der Waals surface area contributed by atoms with E-state index in [1.54, 1.807) is 18.7 Å². The van der Waals surface area contributed by atoms with Gasteiger partial charge in [0.05, 0.1) is 11.3 Å². The van der Waals surface area contributed by atoms with Crippen molar-refractivity contribution in [2.24, 2.45) is 0 Å². The summed E-state index contributed by atoms with van der Waals surface area (Å²) in [6.45, 7) is 8.02. The van der Waals surface area contributed by atoms with Crippen molar-refractivity contribution in [2.75, 3.05) is 5.73 Å². The molecule has 1 rings (SSSR count). The van der Waals surface area contributed by atoms with Gasteiger partial charge in [-0.2, -0.15) is 0 Å². The first kappa shape index (κ1) is 12.1. The van der Waals surface area contributed by atoms with Gasteiger partial charge >= 0.3 is 0 Å². The Kier molecular flexibility index (Phi) is 3.44. The number of nitrogen functional groups attached to an aromatic ring is 1. The average Bonchev–Trinajstić information content (AvgIpc) is 2.09. The van der Waals surface area contributed by atoms with E-state index in [1.807, 2.05) is 0 Å². The number of hydrogen-bond donors (Lipinski definition) is 2. The Balaban J connectivity index is 2.84. The van der Waals surface area contributed by atoms with E-state index in [4.69, 9.17) is 5.73 Å². The van der Waals surface area contributed by atoms with Gasteiger partial charge in [0.1, 0.15) is 11.6 Å².